The standard InChI is InChI=1S/C30H39N9O/c1-21-16-22(6-7-23(21)18-33-29(40)25(31)10-11-36-30(2,3)4)26-17-28(35-20-34-26)37-27-9-8-24(19-32-27)39-14-12-38(5)13-15-39/h6-11,16-17,19-20H,12-15,18,31H2,1-5H3,(H,33,40)(H,32,34,35,37). The quantitative estimate of drug-likeness (QED) is 0.291. The topological polar surface area (TPSA) is 125 Å². The molecule has 1 amide bonds. The number of likely N-dealkylation sites (N-methyl/N-ethyl adjacent to an activating group) is 1. The summed E-state index contributed by atoms with van der Waals surface area (Å²) in [5.41, 5.74) is 10.7. The number of aryl methyl sites for hydroxylation is 1. The highest BCUT2D eigenvalue weighted by Gasteiger charge is 2.15. The van der Waals surface area contributed by atoms with Crippen LogP contribution in [0.5, 0.6) is 0 Å². The third-order valence-corrected chi connectivity index (χ3v) is 6.60. The predicted octanol–water partition coefficient (Wildman–Crippen LogP) is 3.67. The van der Waals surface area contributed by atoms with E-state index in [2.05, 4.69) is 53.5 Å². The van der Waals surface area contributed by atoms with Crippen LogP contribution in [0.4, 0.5) is 17.3 Å². The molecule has 3 heterocycles. The average molecular weight is 542 g/mol. The fraction of sp³-hybridized carbons (Fsp3) is 0.367. The number of anilines is 3. The van der Waals surface area contributed by atoms with Crippen molar-refractivity contribution in [2.24, 2.45) is 10.7 Å². The Labute approximate surface area is 236 Å². The van der Waals surface area contributed by atoms with Gasteiger partial charge in [0.25, 0.3) is 5.91 Å². The molecule has 0 spiro atoms. The van der Waals surface area contributed by atoms with E-state index < -0.39 is 0 Å². The molecular weight excluding hydrogens is 502 g/mol. The molecule has 1 aliphatic rings. The third-order valence-electron chi connectivity index (χ3n) is 6.60. The second-order valence-corrected chi connectivity index (χ2v) is 11.0. The lowest BCUT2D eigenvalue weighted by molar-refractivity contribution is -0.117. The van der Waals surface area contributed by atoms with E-state index in [-0.39, 0.29) is 17.1 Å². The number of hydrogen-bond donors (Lipinski definition) is 3. The number of carbonyl (C=O) groups is 1. The van der Waals surface area contributed by atoms with Crippen molar-refractivity contribution in [1.29, 1.82) is 0 Å². The Balaban J connectivity index is 1.36. The first-order chi connectivity index (χ1) is 19.1. The van der Waals surface area contributed by atoms with Crippen LogP contribution in [0.25, 0.3) is 11.3 Å². The molecule has 1 saturated heterocycles. The number of nitrogens with one attached hydrogen (secondary N) is 2. The molecule has 1 aromatic carbocycles. The molecule has 0 aliphatic carbocycles. The molecule has 0 radical (unpaired) electrons. The maximum atomic E-state index is 12.4. The molecule has 10 nitrogen and oxygen atoms in total. The third kappa shape index (κ3) is 8.09. The normalized spacial score (nSPS) is 14.9. The molecular formula is C30H39N9O. The molecule has 0 saturated carbocycles. The highest BCUT2D eigenvalue weighted by molar-refractivity contribution is 5.96. The number of allylic oxidation sites excluding steroid dienone is 1. The molecule has 0 atom stereocenters. The molecule has 2 aromatic heterocycles. The number of rotatable bonds is 8. The summed E-state index contributed by atoms with van der Waals surface area (Å²) >= 11 is 0. The summed E-state index contributed by atoms with van der Waals surface area (Å²) in [6, 6.07) is 12.0. The smallest absolute Gasteiger partial charge is 0.267 e. The van der Waals surface area contributed by atoms with Gasteiger partial charge in [-0.15, -0.1) is 0 Å². The summed E-state index contributed by atoms with van der Waals surface area (Å²) in [4.78, 5) is 34.8. The Bertz CT molecular complexity index is 1370. The Morgan fingerprint density at radius 2 is 1.82 bits per heavy atom. The lowest BCUT2D eigenvalue weighted by atomic mass is 10.0. The number of nitrogens with zero attached hydrogens (tertiary/aromatic N) is 6. The van der Waals surface area contributed by atoms with Gasteiger partial charge in [-0.3, -0.25) is 9.79 Å². The van der Waals surface area contributed by atoms with Gasteiger partial charge in [0.1, 0.15) is 18.0 Å². The minimum Gasteiger partial charge on any atom is -0.394 e. The van der Waals surface area contributed by atoms with E-state index in [0.29, 0.717) is 12.4 Å². The first-order valence-electron chi connectivity index (χ1n) is 13.4. The van der Waals surface area contributed by atoms with Crippen LogP contribution in [0, 0.1) is 6.92 Å². The van der Waals surface area contributed by atoms with Crippen LogP contribution in [0.3, 0.4) is 0 Å². The van der Waals surface area contributed by atoms with E-state index in [9.17, 15) is 4.79 Å². The number of amides is 1. The first-order valence-corrected chi connectivity index (χ1v) is 13.4. The van der Waals surface area contributed by atoms with Gasteiger partial charge in [-0.1, -0.05) is 12.1 Å². The Hall–Kier alpha value is -4.31. The van der Waals surface area contributed by atoms with Crippen LogP contribution in [0.2, 0.25) is 0 Å². The van der Waals surface area contributed by atoms with Crippen LogP contribution in [-0.2, 0) is 11.3 Å². The van der Waals surface area contributed by atoms with Gasteiger partial charge in [0.15, 0.2) is 0 Å². The summed E-state index contributed by atoms with van der Waals surface area (Å²) in [5.74, 6) is 1.06. The number of pyridine rings is 1. The van der Waals surface area contributed by atoms with E-state index in [1.54, 1.807) is 6.21 Å². The van der Waals surface area contributed by atoms with Gasteiger partial charge >= 0.3 is 0 Å². The first kappa shape index (κ1) is 28.7. The van der Waals surface area contributed by atoms with Gasteiger partial charge in [-0.25, -0.2) is 15.0 Å². The lowest BCUT2D eigenvalue weighted by Crippen LogP contribution is -2.44. The highest BCUT2D eigenvalue weighted by Crippen LogP contribution is 2.24. The van der Waals surface area contributed by atoms with Gasteiger partial charge in [-0.05, 0) is 70.1 Å². The fourth-order valence-corrected chi connectivity index (χ4v) is 4.17. The second kappa shape index (κ2) is 12.7. The molecule has 4 N–H and O–H groups in total. The predicted molar refractivity (Wildman–Crippen MR) is 162 cm³/mol. The number of carbonyl (C=O) groups excluding carboxylic acids is 1. The second-order valence-electron chi connectivity index (χ2n) is 11.0. The maximum absolute atomic E-state index is 12.4. The number of aromatic nitrogens is 3. The summed E-state index contributed by atoms with van der Waals surface area (Å²) < 4.78 is 0. The van der Waals surface area contributed by atoms with Gasteiger partial charge in [0.05, 0.1) is 28.8 Å². The Morgan fingerprint density at radius 1 is 1.05 bits per heavy atom. The van der Waals surface area contributed by atoms with E-state index in [4.69, 9.17) is 5.73 Å². The summed E-state index contributed by atoms with van der Waals surface area (Å²) in [6.45, 7) is 12.4. The SMILES string of the molecule is Cc1cc(-c2cc(Nc3ccc(N4CCN(C)CC4)cn3)ncn2)ccc1CNC(=O)C(N)=CC=NC(C)(C)C. The van der Waals surface area contributed by atoms with Crippen LogP contribution >= 0.6 is 0 Å². The molecule has 3 aromatic rings. The van der Waals surface area contributed by atoms with Crippen molar-refractivity contribution in [1.82, 2.24) is 25.2 Å². The number of aliphatic imine (C=N–C) groups is 1. The summed E-state index contributed by atoms with van der Waals surface area (Å²) in [5, 5.41) is 6.15. The largest absolute Gasteiger partial charge is 0.394 e. The molecule has 0 unspecified atom stereocenters. The minimum absolute atomic E-state index is 0.117. The minimum atomic E-state index is -0.333. The molecule has 40 heavy (non-hydrogen) atoms. The fourth-order valence-electron chi connectivity index (χ4n) is 4.17. The van der Waals surface area contributed by atoms with Crippen molar-refractivity contribution in [2.45, 2.75) is 39.8 Å². The molecule has 1 aliphatic heterocycles. The molecule has 1 fully saturated rings. The monoisotopic (exact) mass is 541 g/mol. The van der Waals surface area contributed by atoms with E-state index >= 15 is 0 Å². The lowest BCUT2D eigenvalue weighted by Gasteiger charge is -2.33. The van der Waals surface area contributed by atoms with Crippen molar-refractivity contribution in [2.75, 3.05) is 43.4 Å². The van der Waals surface area contributed by atoms with E-state index in [0.717, 1.165) is 60.1 Å². The van der Waals surface area contributed by atoms with Crippen LogP contribution in [0.1, 0.15) is 31.9 Å². The van der Waals surface area contributed by atoms with Crippen LogP contribution in [-0.4, -0.2) is 70.7 Å². The van der Waals surface area contributed by atoms with E-state index in [1.165, 1.54) is 12.4 Å². The number of piperazine rings is 1. The molecule has 10 heteroatoms. The van der Waals surface area contributed by atoms with E-state index in [1.807, 2.05) is 64.2 Å². The number of nitrogens with two attached hydrogens (primary N) is 1. The molecule has 4 rings (SSSR count). The maximum Gasteiger partial charge on any atom is 0.267 e. The molecule has 210 valence electrons. The van der Waals surface area contributed by atoms with Crippen molar-refractivity contribution in [3.8, 4) is 11.3 Å². The van der Waals surface area contributed by atoms with Crippen molar-refractivity contribution >= 4 is 29.4 Å². The van der Waals surface area contributed by atoms with Crippen molar-refractivity contribution in [3.05, 3.63) is 71.8 Å². The zero-order chi connectivity index (χ0) is 28.7. The average Bonchev–Trinajstić information content (AvgIpc) is 2.92. The highest BCUT2D eigenvalue weighted by atomic mass is 16.1. The molecule has 0 bridgehead atoms. The van der Waals surface area contributed by atoms with Crippen LogP contribution in [0.15, 0.2) is 65.7 Å². The van der Waals surface area contributed by atoms with Crippen molar-refractivity contribution < 1.29 is 4.79 Å². The Morgan fingerprint density at radius 3 is 2.50 bits per heavy atom. The van der Waals surface area contributed by atoms with Gasteiger partial charge in [0.2, 0.25) is 0 Å². The summed E-state index contributed by atoms with van der Waals surface area (Å²) in [6.07, 6.45) is 6.53. The number of benzene rings is 1. The van der Waals surface area contributed by atoms with Gasteiger partial charge in [0, 0.05) is 50.6 Å². The van der Waals surface area contributed by atoms with Gasteiger partial charge < -0.3 is 26.2 Å². The van der Waals surface area contributed by atoms with Crippen LogP contribution < -0.4 is 21.3 Å². The Kier molecular flexibility index (Phi) is 9.11. The number of hydrogen-bond acceptors (Lipinski definition) is 9. The van der Waals surface area contributed by atoms with Crippen molar-refractivity contribution in [3.63, 3.8) is 0 Å². The summed E-state index contributed by atoms with van der Waals surface area (Å²) in [7, 11) is 2.15. The van der Waals surface area contributed by atoms with Gasteiger partial charge in [-0.2, -0.15) is 0 Å². The zero-order valence-corrected chi connectivity index (χ0v) is 24.0. The zero-order valence-electron chi connectivity index (χ0n) is 24.0.